The van der Waals surface area contributed by atoms with Crippen molar-refractivity contribution in [3.63, 3.8) is 0 Å². The molecule has 0 heterocycles. The summed E-state index contributed by atoms with van der Waals surface area (Å²) in [6.45, 7) is 0. The van der Waals surface area contributed by atoms with Crippen LogP contribution in [0, 0.1) is 0 Å². The Morgan fingerprint density at radius 3 is 2.41 bits per heavy atom. The number of carbonyl (C=O) groups excluding carboxylic acids is 2. The molecule has 27 heavy (non-hydrogen) atoms. The average Bonchev–Trinajstić information content (AvgIpc) is 2.66. The van der Waals surface area contributed by atoms with Crippen LogP contribution in [0.2, 0.25) is 0 Å². The Labute approximate surface area is 156 Å². The van der Waals surface area contributed by atoms with Gasteiger partial charge in [0.1, 0.15) is 11.5 Å². The summed E-state index contributed by atoms with van der Waals surface area (Å²) in [5, 5.41) is 13.9. The number of hydrogen-bond acceptors (Lipinski definition) is 5. The zero-order chi connectivity index (χ0) is 19.8. The number of hydrogen-bond donors (Lipinski definition) is 3. The number of amides is 2. The molecule has 0 atom stereocenters. The van der Waals surface area contributed by atoms with Crippen LogP contribution in [0.4, 0.5) is 11.4 Å². The fourth-order valence-corrected chi connectivity index (χ4v) is 2.28. The second kappa shape index (κ2) is 9.23. The second-order valence-electron chi connectivity index (χ2n) is 5.54. The van der Waals surface area contributed by atoms with Crippen LogP contribution < -0.4 is 20.1 Å². The molecule has 8 nitrogen and oxygen atoms in total. The van der Waals surface area contributed by atoms with Gasteiger partial charge in [0.15, 0.2) is 0 Å². The third-order valence-corrected chi connectivity index (χ3v) is 3.63. The van der Waals surface area contributed by atoms with Crippen molar-refractivity contribution in [3.8, 4) is 11.5 Å². The molecule has 2 aromatic carbocycles. The van der Waals surface area contributed by atoms with Gasteiger partial charge in [-0.3, -0.25) is 14.4 Å². The predicted octanol–water partition coefficient (Wildman–Crippen LogP) is 2.76. The van der Waals surface area contributed by atoms with E-state index >= 15 is 0 Å². The summed E-state index contributed by atoms with van der Waals surface area (Å²) in [6, 6.07) is 11.3. The molecule has 0 aliphatic carbocycles. The number of carboxylic acids is 1. The summed E-state index contributed by atoms with van der Waals surface area (Å²) in [5.41, 5.74) is 1.20. The number of benzene rings is 2. The van der Waals surface area contributed by atoms with Gasteiger partial charge in [0.05, 0.1) is 26.3 Å². The van der Waals surface area contributed by atoms with Gasteiger partial charge in [-0.25, -0.2) is 0 Å². The minimum absolute atomic E-state index is 0.144. The van der Waals surface area contributed by atoms with Crippen LogP contribution in [0.15, 0.2) is 42.5 Å². The fraction of sp³-hybridized carbons (Fsp3) is 0.211. The van der Waals surface area contributed by atoms with Crippen LogP contribution in [0.25, 0.3) is 0 Å². The smallest absolute Gasteiger partial charge is 0.303 e. The normalized spacial score (nSPS) is 10.0. The van der Waals surface area contributed by atoms with Gasteiger partial charge in [-0.15, -0.1) is 0 Å². The maximum Gasteiger partial charge on any atom is 0.303 e. The standard InChI is InChI=1S/C19H20N2O6/c1-26-14-6-7-15(16(11-14)27-2)21-19(25)12-4-3-5-13(10-12)20-17(22)8-9-18(23)24/h3-7,10-11H,8-9H2,1-2H3,(H,20,22)(H,21,25)(H,23,24). The average molecular weight is 372 g/mol. The number of carboxylic acid groups (broad SMARTS) is 1. The lowest BCUT2D eigenvalue weighted by Crippen LogP contribution is -2.15. The number of aliphatic carboxylic acids is 1. The van der Waals surface area contributed by atoms with Gasteiger partial charge in [0, 0.05) is 23.7 Å². The van der Waals surface area contributed by atoms with E-state index in [0.29, 0.717) is 28.4 Å². The van der Waals surface area contributed by atoms with E-state index in [-0.39, 0.29) is 18.7 Å². The van der Waals surface area contributed by atoms with Crippen LogP contribution in [0.3, 0.4) is 0 Å². The Morgan fingerprint density at radius 2 is 1.74 bits per heavy atom. The van der Waals surface area contributed by atoms with E-state index in [9.17, 15) is 14.4 Å². The third-order valence-electron chi connectivity index (χ3n) is 3.63. The molecule has 0 aliphatic rings. The van der Waals surface area contributed by atoms with E-state index in [1.807, 2.05) is 0 Å². The molecule has 0 radical (unpaired) electrons. The quantitative estimate of drug-likeness (QED) is 0.656. The lowest BCUT2D eigenvalue weighted by Gasteiger charge is -2.12. The third kappa shape index (κ3) is 5.74. The molecular formula is C19H20N2O6. The van der Waals surface area contributed by atoms with Crippen molar-refractivity contribution in [3.05, 3.63) is 48.0 Å². The Balaban J connectivity index is 2.09. The largest absolute Gasteiger partial charge is 0.497 e. The number of nitrogens with one attached hydrogen (secondary N) is 2. The number of carbonyl (C=O) groups is 3. The molecule has 2 aromatic rings. The van der Waals surface area contributed by atoms with Gasteiger partial charge in [-0.05, 0) is 30.3 Å². The molecule has 3 N–H and O–H groups in total. The molecule has 0 saturated heterocycles. The SMILES string of the molecule is COc1ccc(NC(=O)c2cccc(NC(=O)CCC(=O)O)c2)c(OC)c1. The summed E-state index contributed by atoms with van der Waals surface area (Å²) >= 11 is 0. The lowest BCUT2D eigenvalue weighted by atomic mass is 10.1. The van der Waals surface area contributed by atoms with Crippen LogP contribution in [-0.2, 0) is 9.59 Å². The van der Waals surface area contributed by atoms with Gasteiger partial charge < -0.3 is 25.2 Å². The van der Waals surface area contributed by atoms with E-state index in [1.54, 1.807) is 36.4 Å². The molecule has 2 rings (SSSR count). The molecule has 0 saturated carbocycles. The first-order valence-corrected chi connectivity index (χ1v) is 8.08. The highest BCUT2D eigenvalue weighted by Crippen LogP contribution is 2.29. The molecular weight excluding hydrogens is 352 g/mol. The van der Waals surface area contributed by atoms with Crippen molar-refractivity contribution < 1.29 is 29.0 Å². The highest BCUT2D eigenvalue weighted by molar-refractivity contribution is 6.06. The second-order valence-corrected chi connectivity index (χ2v) is 5.54. The zero-order valence-electron chi connectivity index (χ0n) is 14.9. The van der Waals surface area contributed by atoms with Gasteiger partial charge in [0.25, 0.3) is 5.91 Å². The van der Waals surface area contributed by atoms with Crippen LogP contribution in [-0.4, -0.2) is 37.1 Å². The van der Waals surface area contributed by atoms with Crippen molar-refractivity contribution in [1.29, 1.82) is 0 Å². The Kier molecular flexibility index (Phi) is 6.76. The maximum atomic E-state index is 12.5. The lowest BCUT2D eigenvalue weighted by molar-refractivity contribution is -0.138. The highest BCUT2D eigenvalue weighted by Gasteiger charge is 2.12. The van der Waals surface area contributed by atoms with Crippen molar-refractivity contribution in [2.45, 2.75) is 12.8 Å². The minimum atomic E-state index is -1.05. The van der Waals surface area contributed by atoms with E-state index in [1.165, 1.54) is 20.3 Å². The van der Waals surface area contributed by atoms with E-state index < -0.39 is 11.9 Å². The summed E-state index contributed by atoms with van der Waals surface area (Å²) in [4.78, 5) is 34.7. The van der Waals surface area contributed by atoms with Crippen LogP contribution in [0.5, 0.6) is 11.5 Å². The van der Waals surface area contributed by atoms with E-state index in [4.69, 9.17) is 14.6 Å². The molecule has 2 amide bonds. The molecule has 0 spiro atoms. The van der Waals surface area contributed by atoms with Gasteiger partial charge >= 0.3 is 5.97 Å². The zero-order valence-corrected chi connectivity index (χ0v) is 14.9. The number of rotatable bonds is 8. The maximum absolute atomic E-state index is 12.5. The molecule has 0 aliphatic heterocycles. The van der Waals surface area contributed by atoms with Gasteiger partial charge in [0.2, 0.25) is 5.91 Å². The predicted molar refractivity (Wildman–Crippen MR) is 99.4 cm³/mol. The van der Waals surface area contributed by atoms with Crippen molar-refractivity contribution in [1.82, 2.24) is 0 Å². The van der Waals surface area contributed by atoms with Crippen molar-refractivity contribution in [2.24, 2.45) is 0 Å². The van der Waals surface area contributed by atoms with Crippen LogP contribution >= 0.6 is 0 Å². The monoisotopic (exact) mass is 372 g/mol. The molecule has 0 fully saturated rings. The summed E-state index contributed by atoms with van der Waals surface area (Å²) < 4.78 is 10.4. The molecule has 0 bridgehead atoms. The minimum Gasteiger partial charge on any atom is -0.497 e. The number of anilines is 2. The number of methoxy groups -OCH3 is 2. The van der Waals surface area contributed by atoms with E-state index in [2.05, 4.69) is 10.6 Å². The molecule has 8 heteroatoms. The summed E-state index contributed by atoms with van der Waals surface area (Å²) in [6.07, 6.45) is -0.405. The van der Waals surface area contributed by atoms with Crippen molar-refractivity contribution >= 4 is 29.2 Å². The summed E-state index contributed by atoms with van der Waals surface area (Å²) in [7, 11) is 3.01. The first-order chi connectivity index (χ1) is 12.9. The van der Waals surface area contributed by atoms with E-state index in [0.717, 1.165) is 0 Å². The fourth-order valence-electron chi connectivity index (χ4n) is 2.28. The Bertz CT molecular complexity index is 850. The Hall–Kier alpha value is -3.55. The molecule has 0 aromatic heterocycles. The van der Waals surface area contributed by atoms with Crippen molar-refractivity contribution in [2.75, 3.05) is 24.9 Å². The summed E-state index contributed by atoms with van der Waals surface area (Å²) in [5.74, 6) is -0.838. The molecule has 142 valence electrons. The topological polar surface area (TPSA) is 114 Å². The molecule has 0 unspecified atom stereocenters. The number of ether oxygens (including phenoxy) is 2. The first kappa shape index (κ1) is 19.8. The van der Waals surface area contributed by atoms with Gasteiger partial charge in [-0.2, -0.15) is 0 Å². The Morgan fingerprint density at radius 1 is 0.963 bits per heavy atom. The highest BCUT2D eigenvalue weighted by atomic mass is 16.5. The first-order valence-electron chi connectivity index (χ1n) is 8.08. The van der Waals surface area contributed by atoms with Crippen LogP contribution in [0.1, 0.15) is 23.2 Å². The van der Waals surface area contributed by atoms with Gasteiger partial charge in [-0.1, -0.05) is 6.07 Å².